The van der Waals surface area contributed by atoms with Crippen molar-refractivity contribution in [1.29, 1.82) is 0 Å². The number of amides is 6. The quantitative estimate of drug-likeness (QED) is 0.0333. The lowest BCUT2D eigenvalue weighted by Crippen LogP contribution is -2.59. The number of rotatable bonds is 22. The number of hydrogen-bond donors (Lipinski definition) is 7. The lowest BCUT2D eigenvalue weighted by molar-refractivity contribution is -0.148. The zero-order valence-corrected chi connectivity index (χ0v) is 33.9. The second-order valence-corrected chi connectivity index (χ2v) is 14.6. The average Bonchev–Trinajstić information content (AvgIpc) is 3.18. The van der Waals surface area contributed by atoms with Gasteiger partial charge in [-0.25, -0.2) is 9.38 Å². The van der Waals surface area contributed by atoms with Gasteiger partial charge >= 0.3 is 0 Å². The van der Waals surface area contributed by atoms with E-state index in [-0.39, 0.29) is 44.1 Å². The molecule has 3 aromatic carbocycles. The predicted molar refractivity (Wildman–Crippen MR) is 225 cm³/mol. The van der Waals surface area contributed by atoms with E-state index in [1.807, 2.05) is 13.8 Å². The van der Waals surface area contributed by atoms with E-state index in [2.05, 4.69) is 20.9 Å². The highest BCUT2D eigenvalue weighted by atomic mass is 19.1. The van der Waals surface area contributed by atoms with E-state index in [1.54, 1.807) is 54.6 Å². The van der Waals surface area contributed by atoms with Crippen molar-refractivity contribution in [2.24, 2.45) is 33.8 Å². The van der Waals surface area contributed by atoms with E-state index in [4.69, 9.17) is 22.9 Å². The molecule has 16 nitrogen and oxygen atoms in total. The molecule has 17 heteroatoms. The number of nitrogens with one attached hydrogen (secondary N) is 3. The summed E-state index contributed by atoms with van der Waals surface area (Å²) in [7, 11) is 0. The first-order chi connectivity index (χ1) is 28.5. The van der Waals surface area contributed by atoms with Crippen LogP contribution in [0.3, 0.4) is 0 Å². The van der Waals surface area contributed by atoms with Crippen molar-refractivity contribution in [2.75, 3.05) is 6.54 Å². The first kappa shape index (κ1) is 47.6. The fourth-order valence-electron chi connectivity index (χ4n) is 6.23. The molecule has 0 aliphatic carbocycles. The number of imide groups is 1. The van der Waals surface area contributed by atoms with Crippen LogP contribution >= 0.6 is 0 Å². The molecule has 0 saturated heterocycles. The van der Waals surface area contributed by atoms with Gasteiger partial charge in [0.25, 0.3) is 5.91 Å². The molecule has 0 radical (unpaired) electrons. The van der Waals surface area contributed by atoms with E-state index in [9.17, 15) is 38.0 Å². The number of carbonyl (C=O) groups is 7. The van der Waals surface area contributed by atoms with Crippen LogP contribution in [0.15, 0.2) is 89.9 Å². The zero-order chi connectivity index (χ0) is 44.4. The molecule has 0 bridgehead atoms. The number of aliphatic imine (C=N–C) groups is 1. The normalized spacial score (nSPS) is 13.0. The van der Waals surface area contributed by atoms with Crippen molar-refractivity contribution >= 4 is 58.9 Å². The molecule has 0 heterocycles. The first-order valence-corrected chi connectivity index (χ1v) is 19.4. The molecule has 0 aliphatic rings. The van der Waals surface area contributed by atoms with Crippen LogP contribution in [0.5, 0.6) is 0 Å². The summed E-state index contributed by atoms with van der Waals surface area (Å²) < 4.78 is 13.9. The molecule has 6 amide bonds. The zero-order valence-electron chi connectivity index (χ0n) is 33.9. The Morgan fingerprint density at radius 2 is 1.32 bits per heavy atom. The van der Waals surface area contributed by atoms with Gasteiger partial charge in [0, 0.05) is 25.8 Å². The van der Waals surface area contributed by atoms with Crippen LogP contribution in [-0.4, -0.2) is 82.8 Å². The maximum atomic E-state index is 14.5. The third-order valence-corrected chi connectivity index (χ3v) is 9.11. The number of guanidine groups is 1. The average molecular weight is 828 g/mol. The molecular formula is C43H54FN9O7. The largest absolute Gasteiger partial charge is 0.370 e. The van der Waals surface area contributed by atoms with Gasteiger partial charge in [-0.2, -0.15) is 0 Å². The van der Waals surface area contributed by atoms with Gasteiger partial charge in [0.1, 0.15) is 23.9 Å². The number of hydrogen-bond acceptors (Lipinski definition) is 9. The number of ketones is 1. The predicted octanol–water partition coefficient (Wildman–Crippen LogP) is 1.66. The van der Waals surface area contributed by atoms with Crippen LogP contribution in [0.25, 0.3) is 6.08 Å². The molecule has 4 unspecified atom stereocenters. The lowest BCUT2D eigenvalue weighted by Gasteiger charge is -2.30. The molecule has 0 saturated carbocycles. The summed E-state index contributed by atoms with van der Waals surface area (Å²) in [6.45, 7) is 4.95. The van der Waals surface area contributed by atoms with Gasteiger partial charge in [0.2, 0.25) is 29.5 Å². The second kappa shape index (κ2) is 23.6. The van der Waals surface area contributed by atoms with Gasteiger partial charge < -0.3 is 38.9 Å². The molecule has 0 aliphatic heterocycles. The fourth-order valence-corrected chi connectivity index (χ4v) is 6.23. The smallest absolute Gasteiger partial charge is 0.253 e. The van der Waals surface area contributed by atoms with E-state index in [0.717, 1.165) is 17.9 Å². The summed E-state index contributed by atoms with van der Waals surface area (Å²) in [5.41, 5.74) is 23.9. The molecular weight excluding hydrogens is 774 g/mol. The number of carbonyl (C=O) groups excluding carboxylic acids is 7. The molecule has 60 heavy (non-hydrogen) atoms. The van der Waals surface area contributed by atoms with Crippen LogP contribution in [0.4, 0.5) is 10.1 Å². The Labute approximate surface area is 348 Å². The molecule has 3 aromatic rings. The van der Waals surface area contributed by atoms with E-state index < -0.39 is 77.6 Å². The second-order valence-electron chi connectivity index (χ2n) is 14.6. The van der Waals surface area contributed by atoms with E-state index >= 15 is 0 Å². The Bertz CT molecular complexity index is 2020. The Kier molecular flexibility index (Phi) is 18.7. The van der Waals surface area contributed by atoms with Crippen LogP contribution in [0.2, 0.25) is 0 Å². The summed E-state index contributed by atoms with van der Waals surface area (Å²) in [5, 5.41) is 8.04. The Morgan fingerprint density at radius 3 is 1.88 bits per heavy atom. The van der Waals surface area contributed by atoms with Crippen molar-refractivity contribution in [3.8, 4) is 0 Å². The molecule has 320 valence electrons. The third kappa shape index (κ3) is 15.9. The SMILES string of the molecule is CC(=O)N(C(=O)/C=C/c1ccccc1)C(Cc1ccc(F)cc1)C(=O)NC(Cc1ccc(N=C(N)N)cc1)C(=O)NC(CC(C)C)C(=O)NC(CCCN)C(=O)CC(N)=O. The van der Waals surface area contributed by atoms with Crippen LogP contribution < -0.4 is 38.9 Å². The van der Waals surface area contributed by atoms with Crippen molar-refractivity contribution in [3.63, 3.8) is 0 Å². The van der Waals surface area contributed by atoms with Crippen molar-refractivity contribution in [3.05, 3.63) is 107 Å². The third-order valence-electron chi connectivity index (χ3n) is 9.11. The highest BCUT2D eigenvalue weighted by Gasteiger charge is 2.36. The molecule has 3 rings (SSSR count). The Balaban J connectivity index is 2.05. The van der Waals surface area contributed by atoms with Gasteiger partial charge in [-0.15, -0.1) is 0 Å². The number of nitrogens with zero attached hydrogens (tertiary/aromatic N) is 2. The maximum Gasteiger partial charge on any atom is 0.253 e. The standard InChI is InChI=1S/C43H54FN9O7/c1-26(2)22-34(40(58)50-33(10-7-21-45)37(55)25-38(46)56)51-41(59)35(23-29-13-18-32(19-14-29)49-43(47)48)52-42(60)36(24-30-11-16-31(44)17-12-30)53(27(3)54)39(57)20-15-28-8-5-4-6-9-28/h4-6,8-9,11-20,26,33-36H,7,10,21-25,45H2,1-3H3,(H2,46,56)(H,50,58)(H,51,59)(H,52,60)(H4,47,48,49)/b20-15+. The summed E-state index contributed by atoms with van der Waals surface area (Å²) in [6.07, 6.45) is 2.17. The monoisotopic (exact) mass is 827 g/mol. The minimum Gasteiger partial charge on any atom is -0.370 e. The van der Waals surface area contributed by atoms with Crippen LogP contribution in [0.1, 0.15) is 63.1 Å². The van der Waals surface area contributed by atoms with E-state index in [1.165, 1.54) is 30.3 Å². The number of halogens is 1. The van der Waals surface area contributed by atoms with Crippen molar-refractivity contribution in [2.45, 2.75) is 83.5 Å². The number of nitrogens with two attached hydrogens (primary N) is 4. The fraction of sp³-hybridized carbons (Fsp3) is 0.349. The Hall–Kier alpha value is -6.75. The topological polar surface area (TPSA) is 275 Å². The molecule has 11 N–H and O–H groups in total. The van der Waals surface area contributed by atoms with Gasteiger partial charge in [-0.3, -0.25) is 38.5 Å². The number of benzene rings is 3. The van der Waals surface area contributed by atoms with Gasteiger partial charge in [0.05, 0.1) is 18.2 Å². The van der Waals surface area contributed by atoms with Crippen molar-refractivity contribution in [1.82, 2.24) is 20.9 Å². The summed E-state index contributed by atoms with van der Waals surface area (Å²) in [6, 6.07) is 15.1. The summed E-state index contributed by atoms with van der Waals surface area (Å²) in [5.74, 6) is -6.43. The maximum absolute atomic E-state index is 14.5. The molecule has 0 spiro atoms. The van der Waals surface area contributed by atoms with E-state index in [0.29, 0.717) is 28.8 Å². The van der Waals surface area contributed by atoms with Gasteiger partial charge in [-0.1, -0.05) is 68.4 Å². The van der Waals surface area contributed by atoms with Gasteiger partial charge in [-0.05, 0) is 78.8 Å². The minimum atomic E-state index is -1.53. The summed E-state index contributed by atoms with van der Waals surface area (Å²) in [4.78, 5) is 98.7. The van der Waals surface area contributed by atoms with Crippen LogP contribution in [0, 0.1) is 11.7 Å². The van der Waals surface area contributed by atoms with Crippen LogP contribution in [-0.2, 0) is 46.4 Å². The van der Waals surface area contributed by atoms with Crippen molar-refractivity contribution < 1.29 is 38.0 Å². The highest BCUT2D eigenvalue weighted by Crippen LogP contribution is 2.17. The van der Waals surface area contributed by atoms with Gasteiger partial charge in [0.15, 0.2) is 11.7 Å². The minimum absolute atomic E-state index is 0.104. The lowest BCUT2D eigenvalue weighted by atomic mass is 9.98. The summed E-state index contributed by atoms with van der Waals surface area (Å²) >= 11 is 0. The number of Topliss-reactive ketones (excluding diaryl/α,β-unsaturated/α-hetero) is 1. The molecule has 0 aromatic heterocycles. The highest BCUT2D eigenvalue weighted by molar-refractivity contribution is 6.06. The Morgan fingerprint density at radius 1 is 0.750 bits per heavy atom. The number of primary amides is 1. The molecule has 0 fully saturated rings. The molecule has 4 atom stereocenters. The first-order valence-electron chi connectivity index (χ1n) is 19.4.